The molecule has 1 saturated heterocycles. The maximum atomic E-state index is 14.0. The molecule has 0 spiro atoms. The first kappa shape index (κ1) is 28.3. The van der Waals surface area contributed by atoms with E-state index in [4.69, 9.17) is 4.98 Å². The van der Waals surface area contributed by atoms with Crippen LogP contribution in [0.2, 0.25) is 0 Å². The number of rotatable bonds is 8. The number of carboxylic acid groups (broad SMARTS) is 1. The van der Waals surface area contributed by atoms with Gasteiger partial charge in [-0.15, -0.1) is 0 Å². The molecule has 0 bridgehead atoms. The van der Waals surface area contributed by atoms with E-state index in [1.54, 1.807) is 0 Å². The summed E-state index contributed by atoms with van der Waals surface area (Å²) in [5.41, 5.74) is 3.21. The Morgan fingerprint density at radius 3 is 2.35 bits per heavy atom. The Hall–Kier alpha value is -3.25. The number of benzene rings is 2. The van der Waals surface area contributed by atoms with E-state index in [-0.39, 0.29) is 11.7 Å². The van der Waals surface area contributed by atoms with Gasteiger partial charge >= 0.3 is 6.09 Å². The van der Waals surface area contributed by atoms with Crippen molar-refractivity contribution < 1.29 is 14.7 Å². The summed E-state index contributed by atoms with van der Waals surface area (Å²) in [6.07, 6.45) is 7.23. The van der Waals surface area contributed by atoms with Gasteiger partial charge in [0.05, 0.1) is 22.5 Å². The van der Waals surface area contributed by atoms with Crippen molar-refractivity contribution in [3.63, 3.8) is 0 Å². The molecule has 1 aliphatic heterocycles. The number of ketones is 1. The summed E-state index contributed by atoms with van der Waals surface area (Å²) in [6.45, 7) is 8.99. The van der Waals surface area contributed by atoms with Gasteiger partial charge in [0.2, 0.25) is 0 Å². The van der Waals surface area contributed by atoms with Gasteiger partial charge in [0.25, 0.3) is 0 Å². The van der Waals surface area contributed by atoms with Gasteiger partial charge in [-0.1, -0.05) is 67.8 Å². The van der Waals surface area contributed by atoms with Crippen LogP contribution in [0, 0.1) is 11.8 Å². The molecule has 2 aromatic carbocycles. The smallest absolute Gasteiger partial charge is 0.412 e. The Balaban J connectivity index is 1.22. The van der Waals surface area contributed by atoms with Crippen LogP contribution >= 0.6 is 0 Å². The number of hydrogen-bond acceptors (Lipinski definition) is 4. The number of carbonyl (C=O) groups is 2. The van der Waals surface area contributed by atoms with E-state index in [2.05, 4.69) is 35.2 Å². The van der Waals surface area contributed by atoms with Gasteiger partial charge in [0.15, 0.2) is 5.78 Å². The van der Waals surface area contributed by atoms with Gasteiger partial charge in [-0.2, -0.15) is 0 Å². The molecule has 3 aromatic rings. The van der Waals surface area contributed by atoms with Crippen molar-refractivity contribution in [3.8, 4) is 0 Å². The third-order valence-electron chi connectivity index (χ3n) is 8.74. The van der Waals surface area contributed by atoms with Crippen LogP contribution in [0.4, 0.5) is 10.5 Å². The number of aromatic nitrogens is 1. The Bertz CT molecular complexity index is 1340. The first-order chi connectivity index (χ1) is 19.2. The SMILES string of the molecule is CC(C)(C)N(C(=O)O)c1c2c(nc3ccccc13)CCC(CCCCC1CCN(Cc3ccccc3)CC1)C2=O. The summed E-state index contributed by atoms with van der Waals surface area (Å²) >= 11 is 0. The Morgan fingerprint density at radius 1 is 0.975 bits per heavy atom. The topological polar surface area (TPSA) is 73.7 Å². The fraction of sp³-hybridized carbons (Fsp3) is 0.500. The normalized spacial score (nSPS) is 18.6. The summed E-state index contributed by atoms with van der Waals surface area (Å²) in [5, 5.41) is 11.0. The highest BCUT2D eigenvalue weighted by molar-refractivity contribution is 6.14. The fourth-order valence-corrected chi connectivity index (χ4v) is 6.65. The molecular formula is C34H43N3O3. The van der Waals surface area contributed by atoms with E-state index in [0.717, 1.165) is 67.8 Å². The minimum absolute atomic E-state index is 0.0687. The maximum Gasteiger partial charge on any atom is 0.412 e. The maximum absolute atomic E-state index is 14.0. The summed E-state index contributed by atoms with van der Waals surface area (Å²) in [7, 11) is 0. The van der Waals surface area contributed by atoms with E-state index in [0.29, 0.717) is 17.7 Å². The molecule has 0 saturated carbocycles. The number of likely N-dealkylation sites (tertiary alicyclic amines) is 1. The van der Waals surface area contributed by atoms with E-state index in [1.807, 2.05) is 45.0 Å². The minimum Gasteiger partial charge on any atom is -0.465 e. The van der Waals surface area contributed by atoms with Gasteiger partial charge in [-0.3, -0.25) is 19.6 Å². The molecule has 6 heteroatoms. The number of para-hydroxylation sites is 1. The van der Waals surface area contributed by atoms with Gasteiger partial charge in [-0.25, -0.2) is 4.79 Å². The van der Waals surface area contributed by atoms with Crippen LogP contribution in [0.3, 0.4) is 0 Å². The number of hydrogen-bond donors (Lipinski definition) is 1. The predicted octanol–water partition coefficient (Wildman–Crippen LogP) is 7.74. The predicted molar refractivity (Wildman–Crippen MR) is 161 cm³/mol. The number of unbranched alkanes of at least 4 members (excludes halogenated alkanes) is 1. The van der Waals surface area contributed by atoms with E-state index < -0.39 is 11.6 Å². The highest BCUT2D eigenvalue weighted by Crippen LogP contribution is 2.41. The minimum atomic E-state index is -1.05. The lowest BCUT2D eigenvalue weighted by molar-refractivity contribution is 0.0891. The molecule has 2 aliphatic rings. The number of amides is 1. The molecule has 5 rings (SSSR count). The van der Waals surface area contributed by atoms with Crippen LogP contribution in [0.15, 0.2) is 54.6 Å². The fourth-order valence-electron chi connectivity index (χ4n) is 6.65. The van der Waals surface area contributed by atoms with Crippen LogP contribution in [0.5, 0.6) is 0 Å². The summed E-state index contributed by atoms with van der Waals surface area (Å²) in [4.78, 5) is 35.3. The number of Topliss-reactive ketones (excluding diaryl/α,β-unsaturated/α-hetero) is 1. The van der Waals surface area contributed by atoms with Crippen LogP contribution in [-0.4, -0.2) is 45.5 Å². The van der Waals surface area contributed by atoms with Gasteiger partial charge < -0.3 is 5.11 Å². The molecule has 1 aliphatic carbocycles. The first-order valence-corrected chi connectivity index (χ1v) is 15.0. The molecule has 1 N–H and O–H groups in total. The lowest BCUT2D eigenvalue weighted by atomic mass is 9.80. The second-order valence-corrected chi connectivity index (χ2v) is 12.7. The number of piperidine rings is 1. The van der Waals surface area contributed by atoms with E-state index >= 15 is 0 Å². The monoisotopic (exact) mass is 541 g/mol. The average Bonchev–Trinajstić information content (AvgIpc) is 2.92. The summed E-state index contributed by atoms with van der Waals surface area (Å²) in [6, 6.07) is 18.3. The first-order valence-electron chi connectivity index (χ1n) is 15.0. The number of pyridine rings is 1. The largest absolute Gasteiger partial charge is 0.465 e. The molecular weight excluding hydrogens is 498 g/mol. The quantitative estimate of drug-likeness (QED) is 0.295. The zero-order valence-electron chi connectivity index (χ0n) is 24.2. The van der Waals surface area contributed by atoms with Crippen LogP contribution in [-0.2, 0) is 13.0 Å². The molecule has 1 fully saturated rings. The van der Waals surface area contributed by atoms with Crippen molar-refractivity contribution in [2.24, 2.45) is 11.8 Å². The molecule has 0 radical (unpaired) electrons. The lowest BCUT2D eigenvalue weighted by Gasteiger charge is -2.37. The van der Waals surface area contributed by atoms with Crippen molar-refractivity contribution in [1.82, 2.24) is 9.88 Å². The number of aryl methyl sites for hydroxylation is 1. The molecule has 1 unspecified atom stereocenters. The summed E-state index contributed by atoms with van der Waals surface area (Å²) < 4.78 is 0. The lowest BCUT2D eigenvalue weighted by Crippen LogP contribution is -2.46. The number of carbonyl (C=O) groups excluding carboxylic acids is 1. The standard InChI is InChI=1S/C34H43N3O3/c1-34(2,3)37(33(39)40)31-27-15-9-10-16-28(27)35-29-18-17-26(32(38)30(29)31)14-8-7-11-24-19-21-36(22-20-24)23-25-12-5-4-6-13-25/h4-6,9-10,12-13,15-16,24,26H,7-8,11,14,17-23H2,1-3H3,(H,39,40). The van der Waals surface area contributed by atoms with Crippen molar-refractivity contribution in [2.45, 2.75) is 84.2 Å². The average molecular weight is 542 g/mol. The Labute approximate surface area is 238 Å². The van der Waals surface area contributed by atoms with Crippen molar-refractivity contribution in [3.05, 3.63) is 71.4 Å². The van der Waals surface area contributed by atoms with Gasteiger partial charge in [0, 0.05) is 23.4 Å². The molecule has 2 heterocycles. The molecule has 40 heavy (non-hydrogen) atoms. The Morgan fingerprint density at radius 2 is 1.65 bits per heavy atom. The zero-order valence-corrected chi connectivity index (χ0v) is 24.2. The molecule has 1 atom stereocenters. The number of nitrogens with zero attached hydrogens (tertiary/aromatic N) is 3. The number of fused-ring (bicyclic) bond motifs is 2. The third-order valence-corrected chi connectivity index (χ3v) is 8.74. The zero-order chi connectivity index (χ0) is 28.3. The third kappa shape index (κ3) is 6.22. The van der Waals surface area contributed by atoms with Gasteiger partial charge in [-0.05, 0) is 83.5 Å². The second kappa shape index (κ2) is 12.1. The highest BCUT2D eigenvalue weighted by Gasteiger charge is 2.38. The van der Waals surface area contributed by atoms with Crippen LogP contribution < -0.4 is 4.90 Å². The molecule has 1 aromatic heterocycles. The van der Waals surface area contributed by atoms with Crippen LogP contribution in [0.1, 0.15) is 87.3 Å². The molecule has 1 amide bonds. The summed E-state index contributed by atoms with van der Waals surface area (Å²) in [5.74, 6) is 0.768. The second-order valence-electron chi connectivity index (χ2n) is 12.7. The Kier molecular flexibility index (Phi) is 8.55. The highest BCUT2D eigenvalue weighted by atomic mass is 16.4. The van der Waals surface area contributed by atoms with Gasteiger partial charge in [0.1, 0.15) is 0 Å². The van der Waals surface area contributed by atoms with Crippen molar-refractivity contribution in [2.75, 3.05) is 18.0 Å². The van der Waals surface area contributed by atoms with E-state index in [1.165, 1.54) is 29.7 Å². The molecule has 6 nitrogen and oxygen atoms in total. The molecule has 212 valence electrons. The van der Waals surface area contributed by atoms with Crippen LogP contribution in [0.25, 0.3) is 10.9 Å². The van der Waals surface area contributed by atoms with Crippen molar-refractivity contribution in [1.29, 1.82) is 0 Å². The number of anilines is 1. The van der Waals surface area contributed by atoms with Crippen molar-refractivity contribution >= 4 is 28.5 Å². The van der Waals surface area contributed by atoms with E-state index in [9.17, 15) is 14.7 Å².